The molecule has 132 valence electrons. The van der Waals surface area contributed by atoms with Crippen molar-refractivity contribution < 1.29 is 17.9 Å². The molecule has 1 aromatic heterocycles. The Balaban J connectivity index is 2.04. The van der Waals surface area contributed by atoms with E-state index >= 15 is 0 Å². The first-order valence-electron chi connectivity index (χ1n) is 7.84. The third-order valence-corrected chi connectivity index (χ3v) is 4.16. The predicted molar refractivity (Wildman–Crippen MR) is 90.5 cm³/mol. The number of benzene rings is 1. The van der Waals surface area contributed by atoms with E-state index in [0.717, 1.165) is 5.69 Å². The van der Waals surface area contributed by atoms with E-state index in [-0.39, 0.29) is 5.02 Å². The second-order valence-corrected chi connectivity index (χ2v) is 5.99. The molecule has 0 saturated carbocycles. The first-order chi connectivity index (χ1) is 12.0. The van der Waals surface area contributed by atoms with Crippen molar-refractivity contribution >= 4 is 17.2 Å². The van der Waals surface area contributed by atoms with E-state index in [1.165, 1.54) is 12.1 Å². The van der Waals surface area contributed by atoms with Crippen molar-refractivity contribution in [1.29, 1.82) is 0 Å². The molecule has 3 nitrogen and oxygen atoms in total. The fourth-order valence-electron chi connectivity index (χ4n) is 2.67. The number of allylic oxidation sites excluding steroid dienone is 2. The smallest absolute Gasteiger partial charge is 0.315 e. The molecule has 0 bridgehead atoms. The fraction of sp³-hybridized carbons (Fsp3) is 0.278. The minimum absolute atomic E-state index is 0.0101. The number of hydrogen-bond donors (Lipinski definition) is 0. The van der Waals surface area contributed by atoms with Gasteiger partial charge in [-0.05, 0) is 48.8 Å². The summed E-state index contributed by atoms with van der Waals surface area (Å²) in [6.45, 7) is -0.872. The van der Waals surface area contributed by atoms with Crippen molar-refractivity contribution in [2.24, 2.45) is 0 Å². The van der Waals surface area contributed by atoms with Crippen LogP contribution >= 0.6 is 11.6 Å². The quantitative estimate of drug-likeness (QED) is 0.727. The Kier molecular flexibility index (Phi) is 5.30. The summed E-state index contributed by atoms with van der Waals surface area (Å²) in [5.74, 6) is -0.517. The maximum absolute atomic E-state index is 13.4. The molecule has 0 aliphatic heterocycles. The first-order valence-corrected chi connectivity index (χ1v) is 8.22. The lowest BCUT2D eigenvalue weighted by Gasteiger charge is -2.17. The highest BCUT2D eigenvalue weighted by Crippen LogP contribution is 2.28. The SMILES string of the molecule is CCc1cc(C2=CC(OC(F)F)CC=C2)n(-c2ccc(F)c(Cl)c2)n1. The van der Waals surface area contributed by atoms with Crippen LogP contribution in [0, 0.1) is 5.82 Å². The average Bonchev–Trinajstić information content (AvgIpc) is 3.01. The van der Waals surface area contributed by atoms with Crippen LogP contribution in [0.2, 0.25) is 5.02 Å². The molecule has 0 N–H and O–H groups in total. The Morgan fingerprint density at radius 3 is 2.84 bits per heavy atom. The van der Waals surface area contributed by atoms with E-state index < -0.39 is 18.5 Å². The van der Waals surface area contributed by atoms with Gasteiger partial charge in [-0.2, -0.15) is 13.9 Å². The molecular formula is C18H16ClF3N2O. The zero-order chi connectivity index (χ0) is 18.0. The molecule has 0 spiro atoms. The van der Waals surface area contributed by atoms with Gasteiger partial charge in [0.05, 0.1) is 28.2 Å². The summed E-state index contributed by atoms with van der Waals surface area (Å²) in [5, 5.41) is 4.49. The van der Waals surface area contributed by atoms with E-state index in [1.807, 2.05) is 19.1 Å². The Bertz CT molecular complexity index is 830. The molecule has 1 atom stereocenters. The summed E-state index contributed by atoms with van der Waals surface area (Å²) in [5.41, 5.74) is 2.83. The zero-order valence-corrected chi connectivity index (χ0v) is 14.2. The summed E-state index contributed by atoms with van der Waals surface area (Å²) in [7, 11) is 0. The Morgan fingerprint density at radius 1 is 1.36 bits per heavy atom. The molecule has 0 saturated heterocycles. The van der Waals surface area contributed by atoms with Crippen LogP contribution < -0.4 is 0 Å². The monoisotopic (exact) mass is 368 g/mol. The normalized spacial score (nSPS) is 17.2. The molecule has 0 amide bonds. The van der Waals surface area contributed by atoms with Gasteiger partial charge in [-0.15, -0.1) is 0 Å². The van der Waals surface area contributed by atoms with Gasteiger partial charge >= 0.3 is 6.61 Å². The molecule has 2 aromatic rings. The lowest BCUT2D eigenvalue weighted by molar-refractivity contribution is -0.148. The largest absolute Gasteiger partial charge is 0.345 e. The van der Waals surface area contributed by atoms with Gasteiger partial charge in [0.15, 0.2) is 0 Å². The third kappa shape index (κ3) is 3.96. The van der Waals surface area contributed by atoms with Gasteiger partial charge in [-0.3, -0.25) is 0 Å². The second kappa shape index (κ2) is 7.45. The first kappa shape index (κ1) is 17.8. The van der Waals surface area contributed by atoms with Crippen molar-refractivity contribution in [3.63, 3.8) is 0 Å². The maximum atomic E-state index is 13.4. The maximum Gasteiger partial charge on any atom is 0.345 e. The number of halogens is 4. The summed E-state index contributed by atoms with van der Waals surface area (Å²) in [4.78, 5) is 0. The van der Waals surface area contributed by atoms with Crippen LogP contribution in [0.25, 0.3) is 11.3 Å². The molecule has 0 radical (unpaired) electrons. The third-order valence-electron chi connectivity index (χ3n) is 3.87. The summed E-state index contributed by atoms with van der Waals surface area (Å²) >= 11 is 5.87. The van der Waals surface area contributed by atoms with E-state index in [9.17, 15) is 13.2 Å². The van der Waals surface area contributed by atoms with Gasteiger partial charge in [-0.25, -0.2) is 9.07 Å². The van der Waals surface area contributed by atoms with Gasteiger partial charge < -0.3 is 4.74 Å². The van der Waals surface area contributed by atoms with Crippen molar-refractivity contribution in [2.75, 3.05) is 0 Å². The van der Waals surface area contributed by atoms with E-state index in [1.54, 1.807) is 22.9 Å². The van der Waals surface area contributed by atoms with E-state index in [0.29, 0.717) is 29.8 Å². The molecule has 1 aliphatic rings. The minimum atomic E-state index is -2.83. The Hall–Kier alpha value is -2.05. The minimum Gasteiger partial charge on any atom is -0.315 e. The van der Waals surface area contributed by atoms with Crippen LogP contribution in [-0.2, 0) is 11.2 Å². The van der Waals surface area contributed by atoms with Crippen molar-refractivity contribution in [3.8, 4) is 5.69 Å². The van der Waals surface area contributed by atoms with Crippen molar-refractivity contribution in [2.45, 2.75) is 32.5 Å². The summed E-state index contributed by atoms with van der Waals surface area (Å²) < 4.78 is 44.6. The second-order valence-electron chi connectivity index (χ2n) is 5.58. The lowest BCUT2D eigenvalue weighted by atomic mass is 10.0. The highest BCUT2D eigenvalue weighted by molar-refractivity contribution is 6.30. The molecule has 7 heteroatoms. The van der Waals surface area contributed by atoms with Gasteiger partial charge in [0, 0.05) is 0 Å². The number of nitrogens with zero attached hydrogens (tertiary/aromatic N) is 2. The number of hydrogen-bond acceptors (Lipinski definition) is 2. The van der Waals surface area contributed by atoms with E-state index in [2.05, 4.69) is 9.84 Å². The molecule has 25 heavy (non-hydrogen) atoms. The number of aryl methyl sites for hydroxylation is 1. The predicted octanol–water partition coefficient (Wildman–Crippen LogP) is 5.18. The van der Waals surface area contributed by atoms with E-state index in [4.69, 9.17) is 11.6 Å². The van der Waals surface area contributed by atoms with Crippen molar-refractivity contribution in [1.82, 2.24) is 9.78 Å². The summed E-state index contributed by atoms with van der Waals surface area (Å²) in [6.07, 6.45) is 5.63. The fourth-order valence-corrected chi connectivity index (χ4v) is 2.85. The Morgan fingerprint density at radius 2 is 2.16 bits per heavy atom. The Labute approximate surface area is 148 Å². The summed E-state index contributed by atoms with van der Waals surface area (Å²) in [6, 6.07) is 6.19. The number of rotatable bonds is 5. The van der Waals surface area contributed by atoms with Gasteiger partial charge in [0.2, 0.25) is 0 Å². The van der Waals surface area contributed by atoms with Crippen LogP contribution in [0.3, 0.4) is 0 Å². The molecule has 1 aliphatic carbocycles. The highest BCUT2D eigenvalue weighted by atomic mass is 35.5. The van der Waals surface area contributed by atoms with Gasteiger partial charge in [0.1, 0.15) is 5.82 Å². The number of alkyl halides is 2. The highest BCUT2D eigenvalue weighted by Gasteiger charge is 2.19. The standard InChI is InChI=1S/C18H16ClF3N2O/c1-2-12-9-17(11-4-3-5-14(8-11)25-18(21)22)24(23-12)13-6-7-16(20)15(19)10-13/h3-4,6-10,14,18H,2,5H2,1H3. The van der Waals surface area contributed by atoms with Crippen LogP contribution in [0.1, 0.15) is 24.7 Å². The number of ether oxygens (including phenoxy) is 1. The lowest BCUT2D eigenvalue weighted by Crippen LogP contribution is -2.16. The molecule has 1 unspecified atom stereocenters. The van der Waals surface area contributed by atoms with Crippen LogP contribution in [0.4, 0.5) is 13.2 Å². The molecule has 0 fully saturated rings. The zero-order valence-electron chi connectivity index (χ0n) is 13.4. The molecular weight excluding hydrogens is 353 g/mol. The topological polar surface area (TPSA) is 27.1 Å². The average molecular weight is 369 g/mol. The van der Waals surface area contributed by atoms with Crippen LogP contribution in [0.15, 0.2) is 42.5 Å². The molecule has 1 aromatic carbocycles. The van der Waals surface area contributed by atoms with Crippen LogP contribution in [-0.4, -0.2) is 22.5 Å². The molecule has 3 rings (SSSR count). The van der Waals surface area contributed by atoms with Gasteiger partial charge in [0.25, 0.3) is 0 Å². The molecule has 1 heterocycles. The van der Waals surface area contributed by atoms with Crippen LogP contribution in [0.5, 0.6) is 0 Å². The van der Waals surface area contributed by atoms with Crippen molar-refractivity contribution in [3.05, 3.63) is 64.7 Å². The number of aromatic nitrogens is 2. The van der Waals surface area contributed by atoms with Gasteiger partial charge in [-0.1, -0.05) is 30.7 Å².